The van der Waals surface area contributed by atoms with E-state index in [1.165, 1.54) is 12.1 Å². The molecule has 0 atom stereocenters. The van der Waals surface area contributed by atoms with Gasteiger partial charge in [-0.15, -0.1) is 0 Å². The molecule has 0 aromatic carbocycles. The number of hydrogen-bond acceptors (Lipinski definition) is 2. The lowest BCUT2D eigenvalue weighted by atomic mass is 10.2. The Morgan fingerprint density at radius 3 is 2.69 bits per heavy atom. The van der Waals surface area contributed by atoms with Gasteiger partial charge in [0.25, 0.3) is 0 Å². The van der Waals surface area contributed by atoms with Gasteiger partial charge in [-0.2, -0.15) is 5.10 Å². The van der Waals surface area contributed by atoms with Crippen molar-refractivity contribution in [1.82, 2.24) is 15.1 Å². The molecule has 4 heteroatoms. The number of halogens is 1. The average molecular weight is 244 g/mol. The van der Waals surface area contributed by atoms with Crippen molar-refractivity contribution in [3.05, 3.63) is 16.4 Å². The Bertz CT molecular complexity index is 320. The molecule has 0 aliphatic carbocycles. The Morgan fingerprint density at radius 2 is 2.06 bits per heavy atom. The van der Waals surface area contributed by atoms with Crippen LogP contribution in [0.3, 0.4) is 0 Å². The summed E-state index contributed by atoms with van der Waals surface area (Å²) in [7, 11) is 0. The fraction of sp³-hybridized carbons (Fsp3) is 0.750. The van der Waals surface area contributed by atoms with E-state index in [0.717, 1.165) is 43.2 Å². The standard InChI is InChI=1S/C12H22ClN3/c1-4-8-14-9-6-7-11-12(13)10(3)15-16(11)5-2/h14H,4-9H2,1-3H3. The number of nitrogens with zero attached hydrogens (tertiary/aromatic N) is 2. The molecule has 0 amide bonds. The maximum absolute atomic E-state index is 6.23. The zero-order chi connectivity index (χ0) is 12.0. The van der Waals surface area contributed by atoms with Crippen LogP contribution < -0.4 is 5.32 Å². The lowest BCUT2D eigenvalue weighted by molar-refractivity contribution is 0.586. The summed E-state index contributed by atoms with van der Waals surface area (Å²) in [6.07, 6.45) is 3.31. The van der Waals surface area contributed by atoms with Crippen LogP contribution in [-0.4, -0.2) is 22.9 Å². The van der Waals surface area contributed by atoms with E-state index >= 15 is 0 Å². The predicted molar refractivity (Wildman–Crippen MR) is 69.1 cm³/mol. The molecule has 0 aliphatic rings. The number of aromatic nitrogens is 2. The first kappa shape index (κ1) is 13.5. The smallest absolute Gasteiger partial charge is 0.0847 e. The summed E-state index contributed by atoms with van der Waals surface area (Å²) >= 11 is 6.23. The highest BCUT2D eigenvalue weighted by Crippen LogP contribution is 2.21. The maximum Gasteiger partial charge on any atom is 0.0847 e. The zero-order valence-corrected chi connectivity index (χ0v) is 11.3. The lowest BCUT2D eigenvalue weighted by Gasteiger charge is -2.06. The van der Waals surface area contributed by atoms with Crippen molar-refractivity contribution >= 4 is 11.6 Å². The summed E-state index contributed by atoms with van der Waals surface area (Å²) in [4.78, 5) is 0. The minimum Gasteiger partial charge on any atom is -0.317 e. The van der Waals surface area contributed by atoms with Crippen molar-refractivity contribution in [3.8, 4) is 0 Å². The molecule has 0 unspecified atom stereocenters. The van der Waals surface area contributed by atoms with Gasteiger partial charge in [0.2, 0.25) is 0 Å². The van der Waals surface area contributed by atoms with Gasteiger partial charge in [-0.25, -0.2) is 0 Å². The van der Waals surface area contributed by atoms with E-state index in [2.05, 4.69) is 24.3 Å². The molecule has 0 radical (unpaired) electrons. The molecule has 92 valence electrons. The highest BCUT2D eigenvalue weighted by atomic mass is 35.5. The molecule has 0 spiro atoms. The van der Waals surface area contributed by atoms with E-state index in [-0.39, 0.29) is 0 Å². The molecular formula is C12H22ClN3. The Kier molecular flexibility index (Phi) is 5.85. The van der Waals surface area contributed by atoms with E-state index in [0.29, 0.717) is 0 Å². The van der Waals surface area contributed by atoms with Crippen LogP contribution in [0.4, 0.5) is 0 Å². The van der Waals surface area contributed by atoms with Crippen LogP contribution in [0.2, 0.25) is 5.02 Å². The van der Waals surface area contributed by atoms with Gasteiger partial charge in [0.15, 0.2) is 0 Å². The minimum atomic E-state index is 0.845. The SMILES string of the molecule is CCCNCCCc1c(Cl)c(C)nn1CC. The summed E-state index contributed by atoms with van der Waals surface area (Å²) in [5.41, 5.74) is 2.12. The summed E-state index contributed by atoms with van der Waals surface area (Å²) in [5.74, 6) is 0. The van der Waals surface area contributed by atoms with Crippen molar-refractivity contribution in [2.75, 3.05) is 13.1 Å². The Hall–Kier alpha value is -0.540. The summed E-state index contributed by atoms with van der Waals surface area (Å²) in [6.45, 7) is 9.29. The molecular weight excluding hydrogens is 222 g/mol. The second-order valence-electron chi connectivity index (χ2n) is 4.02. The Balaban J connectivity index is 2.46. The van der Waals surface area contributed by atoms with Crippen LogP contribution in [0.15, 0.2) is 0 Å². The third kappa shape index (κ3) is 3.49. The lowest BCUT2D eigenvalue weighted by Crippen LogP contribution is -2.17. The molecule has 1 aromatic heterocycles. The van der Waals surface area contributed by atoms with Gasteiger partial charge in [0.1, 0.15) is 0 Å². The van der Waals surface area contributed by atoms with Crippen LogP contribution >= 0.6 is 11.6 Å². The van der Waals surface area contributed by atoms with Crippen LogP contribution in [0.1, 0.15) is 38.1 Å². The topological polar surface area (TPSA) is 29.9 Å². The molecule has 0 aliphatic heterocycles. The summed E-state index contributed by atoms with van der Waals surface area (Å²) < 4.78 is 2.01. The van der Waals surface area contributed by atoms with Crippen LogP contribution in [-0.2, 0) is 13.0 Å². The molecule has 0 saturated heterocycles. The Morgan fingerprint density at radius 1 is 1.31 bits per heavy atom. The second-order valence-corrected chi connectivity index (χ2v) is 4.39. The highest BCUT2D eigenvalue weighted by molar-refractivity contribution is 6.31. The van der Waals surface area contributed by atoms with Crippen LogP contribution in [0, 0.1) is 6.92 Å². The van der Waals surface area contributed by atoms with Crippen LogP contribution in [0.25, 0.3) is 0 Å². The molecule has 16 heavy (non-hydrogen) atoms. The molecule has 1 rings (SSSR count). The molecule has 1 heterocycles. The first-order chi connectivity index (χ1) is 7.70. The van der Waals surface area contributed by atoms with E-state index < -0.39 is 0 Å². The van der Waals surface area contributed by atoms with E-state index in [9.17, 15) is 0 Å². The van der Waals surface area contributed by atoms with Crippen LogP contribution in [0.5, 0.6) is 0 Å². The van der Waals surface area contributed by atoms with Crippen molar-refractivity contribution in [1.29, 1.82) is 0 Å². The van der Waals surface area contributed by atoms with Gasteiger partial charge in [-0.1, -0.05) is 18.5 Å². The Labute approximate surface area is 103 Å². The second kappa shape index (κ2) is 6.92. The van der Waals surface area contributed by atoms with E-state index in [1.807, 2.05) is 11.6 Å². The quantitative estimate of drug-likeness (QED) is 0.747. The molecule has 1 N–H and O–H groups in total. The molecule has 0 fully saturated rings. The van der Waals surface area contributed by atoms with Crippen molar-refractivity contribution in [3.63, 3.8) is 0 Å². The van der Waals surface area contributed by atoms with Crippen molar-refractivity contribution in [2.24, 2.45) is 0 Å². The number of hydrogen-bond donors (Lipinski definition) is 1. The maximum atomic E-state index is 6.23. The normalized spacial score (nSPS) is 11.0. The van der Waals surface area contributed by atoms with Gasteiger partial charge >= 0.3 is 0 Å². The monoisotopic (exact) mass is 243 g/mol. The highest BCUT2D eigenvalue weighted by Gasteiger charge is 2.11. The van der Waals surface area contributed by atoms with E-state index in [1.54, 1.807) is 0 Å². The molecule has 3 nitrogen and oxygen atoms in total. The minimum absolute atomic E-state index is 0.845. The fourth-order valence-corrected chi connectivity index (χ4v) is 2.02. The van der Waals surface area contributed by atoms with Crippen molar-refractivity contribution < 1.29 is 0 Å². The largest absolute Gasteiger partial charge is 0.317 e. The third-order valence-corrected chi connectivity index (χ3v) is 3.14. The first-order valence-corrected chi connectivity index (χ1v) is 6.51. The van der Waals surface area contributed by atoms with Gasteiger partial charge in [-0.05, 0) is 46.2 Å². The molecule has 0 saturated carbocycles. The zero-order valence-electron chi connectivity index (χ0n) is 10.5. The summed E-state index contributed by atoms with van der Waals surface area (Å²) in [5, 5.41) is 8.65. The number of nitrogens with one attached hydrogen (secondary N) is 1. The first-order valence-electron chi connectivity index (χ1n) is 6.13. The van der Waals surface area contributed by atoms with Gasteiger partial charge < -0.3 is 5.32 Å². The van der Waals surface area contributed by atoms with E-state index in [4.69, 9.17) is 11.6 Å². The number of aryl methyl sites for hydroxylation is 2. The average Bonchev–Trinajstić information content (AvgIpc) is 2.56. The van der Waals surface area contributed by atoms with Gasteiger partial charge in [-0.3, -0.25) is 4.68 Å². The fourth-order valence-electron chi connectivity index (χ4n) is 1.79. The van der Waals surface area contributed by atoms with Crippen molar-refractivity contribution in [2.45, 2.75) is 46.6 Å². The third-order valence-electron chi connectivity index (χ3n) is 2.65. The number of rotatable bonds is 7. The molecule has 1 aromatic rings. The molecule has 0 bridgehead atoms. The van der Waals surface area contributed by atoms with Gasteiger partial charge in [0, 0.05) is 6.54 Å². The predicted octanol–water partition coefficient (Wildman–Crippen LogP) is 2.80. The van der Waals surface area contributed by atoms with Gasteiger partial charge in [0.05, 0.1) is 16.4 Å². The summed E-state index contributed by atoms with van der Waals surface area (Å²) in [6, 6.07) is 0.